The second-order valence-corrected chi connectivity index (χ2v) is 6.14. The number of halogens is 1. The summed E-state index contributed by atoms with van der Waals surface area (Å²) < 4.78 is 11.6. The summed E-state index contributed by atoms with van der Waals surface area (Å²) in [6.07, 6.45) is 5.03. The molecule has 3 heteroatoms. The zero-order chi connectivity index (χ0) is 15.4. The smallest absolute Gasteiger partial charge is 0.161 e. The number of hydrogen-bond donors (Lipinski definition) is 0. The first kappa shape index (κ1) is 15.2. The summed E-state index contributed by atoms with van der Waals surface area (Å²) in [5, 5.41) is -0.182. The molecule has 2 aromatic carbocycles. The molecule has 2 aromatic rings. The fourth-order valence-corrected chi connectivity index (χ4v) is 3.22. The number of hydrogen-bond acceptors (Lipinski definition) is 2. The highest BCUT2D eigenvalue weighted by Gasteiger charge is 2.20. The van der Waals surface area contributed by atoms with Gasteiger partial charge in [-0.1, -0.05) is 36.4 Å². The van der Waals surface area contributed by atoms with Crippen LogP contribution in [0.1, 0.15) is 42.2 Å². The van der Waals surface area contributed by atoms with Gasteiger partial charge in [0.25, 0.3) is 0 Å². The minimum atomic E-state index is -0.182. The first-order valence-corrected chi connectivity index (χ1v) is 8.25. The van der Waals surface area contributed by atoms with Crippen LogP contribution in [0.15, 0.2) is 48.5 Å². The molecule has 0 heterocycles. The molecular weight excluding hydrogens is 296 g/mol. The summed E-state index contributed by atoms with van der Waals surface area (Å²) in [4.78, 5) is 0. The van der Waals surface area contributed by atoms with E-state index in [0.717, 1.165) is 35.5 Å². The van der Waals surface area contributed by atoms with E-state index in [-0.39, 0.29) is 5.38 Å². The summed E-state index contributed by atoms with van der Waals surface area (Å²) in [5.74, 6) is 1.57. The Labute approximate surface area is 137 Å². The van der Waals surface area contributed by atoms with E-state index in [1.807, 2.05) is 48.5 Å². The van der Waals surface area contributed by atoms with Gasteiger partial charge in [0.1, 0.15) is 0 Å². The van der Waals surface area contributed by atoms with Gasteiger partial charge in [0.05, 0.1) is 18.6 Å². The number of methoxy groups -OCH3 is 1. The molecule has 0 aromatic heterocycles. The molecule has 1 aliphatic carbocycles. The molecule has 2 nitrogen and oxygen atoms in total. The molecule has 22 heavy (non-hydrogen) atoms. The number of benzene rings is 2. The van der Waals surface area contributed by atoms with E-state index in [4.69, 9.17) is 21.1 Å². The molecule has 1 saturated carbocycles. The Hall–Kier alpha value is -1.67. The maximum Gasteiger partial charge on any atom is 0.161 e. The Bertz CT molecular complexity index is 606. The van der Waals surface area contributed by atoms with Gasteiger partial charge < -0.3 is 9.47 Å². The van der Waals surface area contributed by atoms with Gasteiger partial charge in [-0.3, -0.25) is 0 Å². The molecule has 1 fully saturated rings. The van der Waals surface area contributed by atoms with E-state index in [2.05, 4.69) is 0 Å². The SMILES string of the molecule is COc1ccc(C(Cl)c2ccccc2)cc1OC1CCCC1. The van der Waals surface area contributed by atoms with E-state index in [9.17, 15) is 0 Å². The maximum absolute atomic E-state index is 6.62. The van der Waals surface area contributed by atoms with E-state index >= 15 is 0 Å². The summed E-state index contributed by atoms with van der Waals surface area (Å²) in [5.41, 5.74) is 2.11. The van der Waals surface area contributed by atoms with E-state index in [1.54, 1.807) is 7.11 Å². The van der Waals surface area contributed by atoms with Crippen LogP contribution in [0.4, 0.5) is 0 Å². The summed E-state index contributed by atoms with van der Waals surface area (Å²) >= 11 is 6.62. The summed E-state index contributed by atoms with van der Waals surface area (Å²) in [6.45, 7) is 0. The third kappa shape index (κ3) is 3.38. The normalized spacial score (nSPS) is 16.5. The topological polar surface area (TPSA) is 18.5 Å². The lowest BCUT2D eigenvalue weighted by Crippen LogP contribution is -2.12. The van der Waals surface area contributed by atoms with Crippen LogP contribution in [0.25, 0.3) is 0 Å². The lowest BCUT2D eigenvalue weighted by atomic mass is 10.0. The standard InChI is InChI=1S/C19H21ClO2/c1-21-17-12-11-15(19(20)14-7-3-2-4-8-14)13-18(17)22-16-9-5-6-10-16/h2-4,7-8,11-13,16,19H,5-6,9-10H2,1H3. The van der Waals surface area contributed by atoms with Crippen LogP contribution >= 0.6 is 11.6 Å². The Morgan fingerprint density at radius 3 is 2.36 bits per heavy atom. The van der Waals surface area contributed by atoms with Crippen molar-refractivity contribution in [2.24, 2.45) is 0 Å². The largest absolute Gasteiger partial charge is 0.493 e. The molecule has 1 atom stereocenters. The Morgan fingerprint density at radius 2 is 1.68 bits per heavy atom. The lowest BCUT2D eigenvalue weighted by Gasteiger charge is -2.18. The Kier molecular flexibility index (Phi) is 4.89. The predicted molar refractivity (Wildman–Crippen MR) is 90.0 cm³/mol. The fraction of sp³-hybridized carbons (Fsp3) is 0.368. The van der Waals surface area contributed by atoms with Gasteiger partial charge >= 0.3 is 0 Å². The molecule has 0 aliphatic heterocycles. The highest BCUT2D eigenvalue weighted by atomic mass is 35.5. The van der Waals surface area contributed by atoms with Crippen molar-refractivity contribution in [2.75, 3.05) is 7.11 Å². The van der Waals surface area contributed by atoms with Crippen molar-refractivity contribution in [3.8, 4) is 11.5 Å². The van der Waals surface area contributed by atoms with Crippen molar-refractivity contribution in [2.45, 2.75) is 37.2 Å². The molecule has 116 valence electrons. The van der Waals surface area contributed by atoms with Crippen molar-refractivity contribution < 1.29 is 9.47 Å². The maximum atomic E-state index is 6.62. The zero-order valence-corrected chi connectivity index (χ0v) is 13.6. The average molecular weight is 317 g/mol. The van der Waals surface area contributed by atoms with Crippen LogP contribution in [0, 0.1) is 0 Å². The molecule has 1 unspecified atom stereocenters. The molecule has 0 bridgehead atoms. The van der Waals surface area contributed by atoms with Crippen LogP contribution in [0.3, 0.4) is 0 Å². The van der Waals surface area contributed by atoms with Crippen molar-refractivity contribution in [3.63, 3.8) is 0 Å². The first-order chi connectivity index (χ1) is 10.8. The number of alkyl halides is 1. The van der Waals surface area contributed by atoms with Crippen LogP contribution in [0.2, 0.25) is 0 Å². The van der Waals surface area contributed by atoms with Crippen LogP contribution in [-0.4, -0.2) is 13.2 Å². The molecule has 1 aliphatic rings. The molecule has 0 saturated heterocycles. The van der Waals surface area contributed by atoms with Crippen molar-refractivity contribution in [3.05, 3.63) is 59.7 Å². The number of rotatable bonds is 5. The second-order valence-electron chi connectivity index (χ2n) is 5.71. The van der Waals surface area contributed by atoms with Gasteiger partial charge in [0, 0.05) is 0 Å². The third-order valence-electron chi connectivity index (χ3n) is 4.17. The van der Waals surface area contributed by atoms with E-state index in [1.165, 1.54) is 12.8 Å². The van der Waals surface area contributed by atoms with E-state index in [0.29, 0.717) is 6.10 Å². The molecule has 0 amide bonds. The summed E-state index contributed by atoms with van der Waals surface area (Å²) in [7, 11) is 1.67. The molecule has 0 N–H and O–H groups in total. The lowest BCUT2D eigenvalue weighted by molar-refractivity contribution is 0.200. The second kappa shape index (κ2) is 7.06. The molecule has 3 rings (SSSR count). The summed E-state index contributed by atoms with van der Waals surface area (Å²) in [6, 6.07) is 16.0. The van der Waals surface area contributed by atoms with Crippen LogP contribution < -0.4 is 9.47 Å². The number of ether oxygens (including phenoxy) is 2. The van der Waals surface area contributed by atoms with Gasteiger partial charge in [0.2, 0.25) is 0 Å². The third-order valence-corrected chi connectivity index (χ3v) is 4.67. The average Bonchev–Trinajstić information content (AvgIpc) is 3.08. The zero-order valence-electron chi connectivity index (χ0n) is 12.8. The highest BCUT2D eigenvalue weighted by Crippen LogP contribution is 2.37. The van der Waals surface area contributed by atoms with Crippen LogP contribution in [-0.2, 0) is 0 Å². The van der Waals surface area contributed by atoms with Crippen molar-refractivity contribution in [1.29, 1.82) is 0 Å². The van der Waals surface area contributed by atoms with Crippen molar-refractivity contribution in [1.82, 2.24) is 0 Å². The highest BCUT2D eigenvalue weighted by molar-refractivity contribution is 6.22. The van der Waals surface area contributed by atoms with E-state index < -0.39 is 0 Å². The van der Waals surface area contributed by atoms with Crippen LogP contribution in [0.5, 0.6) is 11.5 Å². The predicted octanol–water partition coefficient (Wildman–Crippen LogP) is 5.34. The minimum Gasteiger partial charge on any atom is -0.493 e. The van der Waals surface area contributed by atoms with Crippen molar-refractivity contribution >= 4 is 11.6 Å². The van der Waals surface area contributed by atoms with Gasteiger partial charge in [0.15, 0.2) is 11.5 Å². The Morgan fingerprint density at radius 1 is 0.955 bits per heavy atom. The molecule has 0 spiro atoms. The van der Waals surface area contributed by atoms with Gasteiger partial charge in [-0.25, -0.2) is 0 Å². The first-order valence-electron chi connectivity index (χ1n) is 7.81. The minimum absolute atomic E-state index is 0.182. The molecular formula is C19H21ClO2. The van der Waals surface area contributed by atoms with Gasteiger partial charge in [-0.2, -0.15) is 0 Å². The quantitative estimate of drug-likeness (QED) is 0.693. The van der Waals surface area contributed by atoms with Gasteiger partial charge in [-0.05, 0) is 48.9 Å². The monoisotopic (exact) mass is 316 g/mol. The Balaban J connectivity index is 1.85. The van der Waals surface area contributed by atoms with Gasteiger partial charge in [-0.15, -0.1) is 11.6 Å². The molecule has 0 radical (unpaired) electrons. The fourth-order valence-electron chi connectivity index (χ4n) is 2.94.